The number of aliphatic hydroxyl groups is 1. The molecular weight excluding hydrogens is 224 g/mol. The average molecular weight is 248 g/mol. The summed E-state index contributed by atoms with van der Waals surface area (Å²) in [5.41, 5.74) is 1.95. The number of pyridine rings is 1. The Bertz CT molecular complexity index is 361. The minimum Gasteiger partial charge on any atom is -0.387 e. The first kappa shape index (κ1) is 13.3. The lowest BCUT2D eigenvalue weighted by atomic mass is 10.1. The fraction of sp³-hybridized carbons (Fsp3) is 0.667. The summed E-state index contributed by atoms with van der Waals surface area (Å²) < 4.78 is 0. The Morgan fingerprint density at radius 2 is 2.22 bits per heavy atom. The summed E-state index contributed by atoms with van der Waals surface area (Å²) in [6, 6.07) is 4.69. The van der Waals surface area contributed by atoms with Crippen LogP contribution in [0.25, 0.3) is 0 Å². The highest BCUT2D eigenvalue weighted by atomic mass is 16.3. The van der Waals surface area contributed by atoms with Gasteiger partial charge in [-0.2, -0.15) is 0 Å². The molecule has 100 valence electrons. The van der Waals surface area contributed by atoms with E-state index in [0.717, 1.165) is 12.2 Å². The zero-order valence-corrected chi connectivity index (χ0v) is 11.5. The van der Waals surface area contributed by atoms with Crippen LogP contribution < -0.4 is 4.90 Å². The van der Waals surface area contributed by atoms with Crippen LogP contribution in [0.1, 0.15) is 57.7 Å². The fourth-order valence-corrected chi connectivity index (χ4v) is 2.76. The zero-order valence-electron chi connectivity index (χ0n) is 11.5. The van der Waals surface area contributed by atoms with Gasteiger partial charge in [-0.15, -0.1) is 0 Å². The molecule has 3 heteroatoms. The Balaban J connectivity index is 2.16. The van der Waals surface area contributed by atoms with E-state index in [-0.39, 0.29) is 0 Å². The van der Waals surface area contributed by atoms with Crippen LogP contribution in [0.3, 0.4) is 0 Å². The first-order valence-electron chi connectivity index (χ1n) is 7.13. The molecule has 2 heterocycles. The monoisotopic (exact) mass is 248 g/mol. The van der Waals surface area contributed by atoms with Crippen molar-refractivity contribution in [2.24, 2.45) is 0 Å². The summed E-state index contributed by atoms with van der Waals surface area (Å²) in [6.07, 6.45) is 7.86. The molecule has 1 saturated heterocycles. The van der Waals surface area contributed by atoms with E-state index in [1.54, 1.807) is 6.92 Å². The summed E-state index contributed by atoms with van der Waals surface area (Å²) in [4.78, 5) is 6.85. The smallest absolute Gasteiger partial charge is 0.0931 e. The van der Waals surface area contributed by atoms with E-state index in [9.17, 15) is 5.11 Å². The summed E-state index contributed by atoms with van der Waals surface area (Å²) in [7, 11) is 0. The molecule has 2 unspecified atom stereocenters. The lowest BCUT2D eigenvalue weighted by Crippen LogP contribution is -2.34. The van der Waals surface area contributed by atoms with Gasteiger partial charge in [0.15, 0.2) is 0 Å². The second-order valence-corrected chi connectivity index (χ2v) is 5.22. The second kappa shape index (κ2) is 6.19. The first-order chi connectivity index (χ1) is 8.72. The summed E-state index contributed by atoms with van der Waals surface area (Å²) in [5, 5.41) is 9.49. The molecule has 0 radical (unpaired) electrons. The molecule has 1 aliphatic rings. The van der Waals surface area contributed by atoms with Crippen molar-refractivity contribution in [1.82, 2.24) is 4.98 Å². The van der Waals surface area contributed by atoms with Gasteiger partial charge in [-0.3, -0.25) is 4.98 Å². The van der Waals surface area contributed by atoms with Crippen molar-refractivity contribution in [1.29, 1.82) is 0 Å². The van der Waals surface area contributed by atoms with E-state index in [2.05, 4.69) is 22.9 Å². The predicted molar refractivity (Wildman–Crippen MR) is 74.8 cm³/mol. The number of hydrogen-bond donors (Lipinski definition) is 1. The number of nitrogens with zero attached hydrogens (tertiary/aromatic N) is 2. The molecule has 0 saturated carbocycles. The van der Waals surface area contributed by atoms with Gasteiger partial charge in [-0.25, -0.2) is 0 Å². The van der Waals surface area contributed by atoms with E-state index >= 15 is 0 Å². The quantitative estimate of drug-likeness (QED) is 0.891. The van der Waals surface area contributed by atoms with E-state index in [1.807, 2.05) is 12.3 Å². The lowest BCUT2D eigenvalue weighted by molar-refractivity contribution is 0.194. The van der Waals surface area contributed by atoms with Gasteiger partial charge in [0.2, 0.25) is 0 Å². The molecule has 1 fully saturated rings. The molecular formula is C15H24N2O. The molecule has 0 spiro atoms. The third kappa shape index (κ3) is 3.02. The molecule has 0 bridgehead atoms. The van der Waals surface area contributed by atoms with Crippen molar-refractivity contribution in [3.05, 3.63) is 24.0 Å². The van der Waals surface area contributed by atoms with Gasteiger partial charge in [0.25, 0.3) is 0 Å². The topological polar surface area (TPSA) is 36.4 Å². The molecule has 1 N–H and O–H groups in total. The molecule has 0 amide bonds. The van der Waals surface area contributed by atoms with Gasteiger partial charge >= 0.3 is 0 Å². The molecule has 1 aromatic heterocycles. The van der Waals surface area contributed by atoms with Crippen molar-refractivity contribution in [2.75, 3.05) is 11.4 Å². The Kier molecular flexibility index (Phi) is 4.59. The molecule has 1 aromatic rings. The van der Waals surface area contributed by atoms with Crippen LogP contribution in [0, 0.1) is 0 Å². The Labute approximate surface area is 110 Å². The molecule has 3 nitrogen and oxygen atoms in total. The molecule has 0 aliphatic carbocycles. The molecule has 18 heavy (non-hydrogen) atoms. The minimum absolute atomic E-state index is 0.481. The normalized spacial score (nSPS) is 22.6. The zero-order chi connectivity index (χ0) is 13.0. The number of aliphatic hydroxyl groups excluding tert-OH is 1. The van der Waals surface area contributed by atoms with Crippen LogP contribution in [0.4, 0.5) is 5.69 Å². The molecule has 0 aromatic carbocycles. The van der Waals surface area contributed by atoms with Crippen LogP contribution in [0.15, 0.2) is 18.3 Å². The van der Waals surface area contributed by atoms with Gasteiger partial charge in [0, 0.05) is 12.6 Å². The van der Waals surface area contributed by atoms with E-state index < -0.39 is 6.10 Å². The average Bonchev–Trinajstić information content (AvgIpc) is 2.63. The third-order valence-electron chi connectivity index (χ3n) is 3.88. The van der Waals surface area contributed by atoms with Crippen molar-refractivity contribution >= 4 is 5.69 Å². The highest BCUT2D eigenvalue weighted by Crippen LogP contribution is 2.26. The van der Waals surface area contributed by atoms with E-state index in [4.69, 9.17) is 0 Å². The SMILES string of the molecule is CCC1CCCCCN1c1ccc(C(C)O)nc1. The van der Waals surface area contributed by atoms with E-state index in [1.165, 1.54) is 37.8 Å². The Hall–Kier alpha value is -1.09. The molecule has 2 rings (SSSR count). The summed E-state index contributed by atoms with van der Waals surface area (Å²) in [6.45, 7) is 5.15. The maximum Gasteiger partial charge on any atom is 0.0931 e. The van der Waals surface area contributed by atoms with Crippen LogP contribution in [0.5, 0.6) is 0 Å². The van der Waals surface area contributed by atoms with Gasteiger partial charge in [0.05, 0.1) is 23.7 Å². The van der Waals surface area contributed by atoms with Crippen LogP contribution in [-0.4, -0.2) is 22.7 Å². The van der Waals surface area contributed by atoms with Crippen LogP contribution in [0.2, 0.25) is 0 Å². The largest absolute Gasteiger partial charge is 0.387 e. The van der Waals surface area contributed by atoms with Crippen molar-refractivity contribution in [3.8, 4) is 0 Å². The minimum atomic E-state index is -0.481. The summed E-state index contributed by atoms with van der Waals surface area (Å²) in [5.74, 6) is 0. The fourth-order valence-electron chi connectivity index (χ4n) is 2.76. The second-order valence-electron chi connectivity index (χ2n) is 5.22. The molecule has 1 aliphatic heterocycles. The third-order valence-corrected chi connectivity index (χ3v) is 3.88. The lowest BCUT2D eigenvalue weighted by Gasteiger charge is -2.31. The number of aromatic nitrogens is 1. The van der Waals surface area contributed by atoms with Crippen LogP contribution >= 0.6 is 0 Å². The summed E-state index contributed by atoms with van der Waals surface area (Å²) >= 11 is 0. The van der Waals surface area contributed by atoms with Crippen molar-refractivity contribution in [3.63, 3.8) is 0 Å². The highest BCUT2D eigenvalue weighted by Gasteiger charge is 2.20. The molecule has 2 atom stereocenters. The highest BCUT2D eigenvalue weighted by molar-refractivity contribution is 5.46. The van der Waals surface area contributed by atoms with Gasteiger partial charge in [-0.1, -0.05) is 19.8 Å². The Morgan fingerprint density at radius 1 is 1.39 bits per heavy atom. The number of anilines is 1. The number of rotatable bonds is 3. The van der Waals surface area contributed by atoms with E-state index in [0.29, 0.717) is 6.04 Å². The van der Waals surface area contributed by atoms with Gasteiger partial charge in [0.1, 0.15) is 0 Å². The Morgan fingerprint density at radius 3 is 2.83 bits per heavy atom. The maximum absolute atomic E-state index is 9.49. The van der Waals surface area contributed by atoms with Crippen LogP contribution in [-0.2, 0) is 0 Å². The van der Waals surface area contributed by atoms with Crippen molar-refractivity contribution < 1.29 is 5.11 Å². The number of hydrogen-bond acceptors (Lipinski definition) is 3. The van der Waals surface area contributed by atoms with Gasteiger partial charge in [-0.05, 0) is 38.3 Å². The van der Waals surface area contributed by atoms with Gasteiger partial charge < -0.3 is 10.0 Å². The predicted octanol–water partition coefficient (Wildman–Crippen LogP) is 3.29. The first-order valence-corrected chi connectivity index (χ1v) is 7.13. The maximum atomic E-state index is 9.49. The van der Waals surface area contributed by atoms with Crippen molar-refractivity contribution in [2.45, 2.75) is 58.1 Å². The standard InChI is InChI=1S/C15H24N2O/c1-3-13-7-5-4-6-10-17(13)14-8-9-15(12(2)18)16-11-14/h8-9,11-13,18H,3-7,10H2,1-2H3.